The van der Waals surface area contributed by atoms with Crippen molar-refractivity contribution in [3.8, 4) is 0 Å². The van der Waals surface area contributed by atoms with E-state index in [1.54, 1.807) is 18.3 Å². The van der Waals surface area contributed by atoms with E-state index < -0.39 is 6.10 Å². The van der Waals surface area contributed by atoms with Crippen LogP contribution in [0.1, 0.15) is 42.9 Å². The van der Waals surface area contributed by atoms with E-state index in [1.807, 2.05) is 6.07 Å². The highest BCUT2D eigenvalue weighted by Crippen LogP contribution is 2.34. The SMILES string of the molecule is O=c1c2cc(Cc3ccc(Cl)nc3)c(Cl)c(Cl)c2ncn1[C@H]1CCCC[C@@H]1O. The molecule has 0 unspecified atom stereocenters. The lowest BCUT2D eigenvalue weighted by Gasteiger charge is -2.29. The molecule has 0 bridgehead atoms. The Labute approximate surface area is 176 Å². The molecule has 1 aromatic carbocycles. The van der Waals surface area contributed by atoms with Gasteiger partial charge in [0.05, 0.1) is 39.4 Å². The minimum Gasteiger partial charge on any atom is -0.391 e. The van der Waals surface area contributed by atoms with Crippen molar-refractivity contribution in [3.05, 3.63) is 67.4 Å². The van der Waals surface area contributed by atoms with Crippen LogP contribution >= 0.6 is 34.8 Å². The number of aliphatic hydroxyl groups excluding tert-OH is 1. The third kappa shape index (κ3) is 3.64. The molecule has 28 heavy (non-hydrogen) atoms. The standard InChI is InChI=1S/C20H18Cl3N3O2/c21-16-6-5-11(9-24-16)7-12-8-13-19(18(23)17(12)22)25-10-26(20(13)28)14-3-1-2-4-15(14)27/h5-6,8-10,14-15,27H,1-4,7H2/t14-,15-/m0/s1. The third-order valence-electron chi connectivity index (χ3n) is 5.27. The second-order valence-corrected chi connectivity index (χ2v) is 8.25. The first-order chi connectivity index (χ1) is 13.5. The molecule has 5 nitrogen and oxygen atoms in total. The Balaban J connectivity index is 1.81. The summed E-state index contributed by atoms with van der Waals surface area (Å²) in [4.78, 5) is 21.6. The molecule has 0 spiro atoms. The number of nitrogens with zero attached hydrogens (tertiary/aromatic N) is 3. The first kappa shape index (κ1) is 19.6. The van der Waals surface area contributed by atoms with Gasteiger partial charge in [-0.3, -0.25) is 9.36 Å². The summed E-state index contributed by atoms with van der Waals surface area (Å²) in [6.07, 6.45) is 6.42. The van der Waals surface area contributed by atoms with Gasteiger partial charge in [-0.25, -0.2) is 9.97 Å². The number of hydrogen-bond donors (Lipinski definition) is 1. The smallest absolute Gasteiger partial charge is 0.261 e. The number of aliphatic hydroxyl groups is 1. The highest BCUT2D eigenvalue weighted by Gasteiger charge is 2.26. The van der Waals surface area contributed by atoms with Gasteiger partial charge < -0.3 is 5.11 Å². The number of rotatable bonds is 3. The monoisotopic (exact) mass is 437 g/mol. The molecule has 2 heterocycles. The molecule has 0 saturated heterocycles. The van der Waals surface area contributed by atoms with E-state index in [0.29, 0.717) is 39.5 Å². The van der Waals surface area contributed by atoms with Gasteiger partial charge in [-0.05, 0) is 36.1 Å². The first-order valence-corrected chi connectivity index (χ1v) is 10.3. The predicted octanol–water partition coefficient (Wildman–Crippen LogP) is 4.82. The second-order valence-electron chi connectivity index (χ2n) is 7.10. The van der Waals surface area contributed by atoms with Crippen LogP contribution in [-0.2, 0) is 6.42 Å². The second kappa shape index (κ2) is 7.99. The predicted molar refractivity (Wildman–Crippen MR) is 112 cm³/mol. The Morgan fingerprint density at radius 2 is 1.89 bits per heavy atom. The van der Waals surface area contributed by atoms with Crippen molar-refractivity contribution in [2.45, 2.75) is 44.2 Å². The summed E-state index contributed by atoms with van der Waals surface area (Å²) in [6, 6.07) is 5.02. The zero-order valence-corrected chi connectivity index (χ0v) is 17.2. The molecular weight excluding hydrogens is 421 g/mol. The fourth-order valence-electron chi connectivity index (χ4n) is 3.78. The van der Waals surface area contributed by atoms with Gasteiger partial charge in [0.1, 0.15) is 5.15 Å². The van der Waals surface area contributed by atoms with Crippen molar-refractivity contribution >= 4 is 45.7 Å². The fraction of sp³-hybridized carbons (Fsp3) is 0.350. The van der Waals surface area contributed by atoms with E-state index in [9.17, 15) is 9.90 Å². The van der Waals surface area contributed by atoms with Gasteiger partial charge in [0, 0.05) is 12.6 Å². The number of halogens is 3. The number of aromatic nitrogens is 3. The maximum absolute atomic E-state index is 13.2. The molecule has 1 fully saturated rings. The van der Waals surface area contributed by atoms with Gasteiger partial charge in [0.15, 0.2) is 0 Å². The molecule has 2 atom stereocenters. The summed E-state index contributed by atoms with van der Waals surface area (Å²) in [5, 5.41) is 11.8. The third-order valence-corrected chi connectivity index (χ3v) is 6.39. The summed E-state index contributed by atoms with van der Waals surface area (Å²) >= 11 is 18.7. The van der Waals surface area contributed by atoms with Crippen LogP contribution in [0.15, 0.2) is 35.5 Å². The molecule has 4 rings (SSSR count). The lowest BCUT2D eigenvalue weighted by molar-refractivity contribution is 0.0735. The zero-order valence-electron chi connectivity index (χ0n) is 14.9. The summed E-state index contributed by atoms with van der Waals surface area (Å²) in [7, 11) is 0. The summed E-state index contributed by atoms with van der Waals surface area (Å²) in [5.41, 5.74) is 1.76. The number of benzene rings is 1. The number of pyridine rings is 1. The Morgan fingerprint density at radius 1 is 1.11 bits per heavy atom. The molecule has 8 heteroatoms. The molecule has 1 N–H and O–H groups in total. The van der Waals surface area contributed by atoms with E-state index in [4.69, 9.17) is 34.8 Å². The fourth-order valence-corrected chi connectivity index (χ4v) is 4.38. The minimum atomic E-state index is -0.548. The Kier molecular flexibility index (Phi) is 5.61. The van der Waals surface area contributed by atoms with Crippen LogP contribution in [-0.4, -0.2) is 25.7 Å². The summed E-state index contributed by atoms with van der Waals surface area (Å²) in [5.74, 6) is 0. The number of hydrogen-bond acceptors (Lipinski definition) is 4. The largest absolute Gasteiger partial charge is 0.391 e. The maximum atomic E-state index is 13.2. The van der Waals surface area contributed by atoms with Crippen molar-refractivity contribution in [2.75, 3.05) is 0 Å². The quantitative estimate of drug-likeness (QED) is 0.595. The summed E-state index contributed by atoms with van der Waals surface area (Å²) < 4.78 is 1.53. The topological polar surface area (TPSA) is 68.0 Å². The molecule has 1 aliphatic carbocycles. The highest BCUT2D eigenvalue weighted by atomic mass is 35.5. The van der Waals surface area contributed by atoms with E-state index >= 15 is 0 Å². The van der Waals surface area contributed by atoms with Gasteiger partial charge in [-0.2, -0.15) is 0 Å². The Bertz CT molecular complexity index is 1080. The van der Waals surface area contributed by atoms with Crippen LogP contribution in [0.4, 0.5) is 0 Å². The average molecular weight is 439 g/mol. The highest BCUT2D eigenvalue weighted by molar-refractivity contribution is 6.45. The van der Waals surface area contributed by atoms with Crippen LogP contribution < -0.4 is 5.56 Å². The Hall–Kier alpha value is -1.66. The Morgan fingerprint density at radius 3 is 2.61 bits per heavy atom. The van der Waals surface area contributed by atoms with Gasteiger partial charge in [0.25, 0.3) is 5.56 Å². The van der Waals surface area contributed by atoms with Crippen molar-refractivity contribution in [1.82, 2.24) is 14.5 Å². The molecule has 1 aliphatic rings. The van der Waals surface area contributed by atoms with Crippen molar-refractivity contribution in [1.29, 1.82) is 0 Å². The van der Waals surface area contributed by atoms with Gasteiger partial charge in [0.2, 0.25) is 0 Å². The van der Waals surface area contributed by atoms with Crippen molar-refractivity contribution in [3.63, 3.8) is 0 Å². The average Bonchev–Trinajstić information content (AvgIpc) is 2.69. The van der Waals surface area contributed by atoms with Crippen LogP contribution in [0, 0.1) is 0 Å². The lowest BCUT2D eigenvalue weighted by Crippen LogP contribution is -2.34. The zero-order chi connectivity index (χ0) is 19.8. The lowest BCUT2D eigenvalue weighted by atomic mass is 9.92. The molecular formula is C20H18Cl3N3O2. The van der Waals surface area contributed by atoms with E-state index in [0.717, 1.165) is 24.8 Å². The van der Waals surface area contributed by atoms with E-state index in [2.05, 4.69) is 9.97 Å². The maximum Gasteiger partial charge on any atom is 0.261 e. The van der Waals surface area contributed by atoms with Crippen molar-refractivity contribution < 1.29 is 5.11 Å². The number of fused-ring (bicyclic) bond motifs is 1. The van der Waals surface area contributed by atoms with Gasteiger partial charge in [-0.15, -0.1) is 0 Å². The van der Waals surface area contributed by atoms with E-state index in [1.165, 1.54) is 10.9 Å². The molecule has 0 amide bonds. The molecule has 1 saturated carbocycles. The first-order valence-electron chi connectivity index (χ1n) is 9.12. The minimum absolute atomic E-state index is 0.218. The normalized spacial score (nSPS) is 19.9. The molecule has 146 valence electrons. The molecule has 2 aromatic heterocycles. The van der Waals surface area contributed by atoms with Gasteiger partial charge >= 0.3 is 0 Å². The van der Waals surface area contributed by atoms with Crippen LogP contribution in [0.3, 0.4) is 0 Å². The van der Waals surface area contributed by atoms with Crippen LogP contribution in [0.2, 0.25) is 15.2 Å². The molecule has 0 aliphatic heterocycles. The van der Waals surface area contributed by atoms with E-state index in [-0.39, 0.29) is 16.6 Å². The van der Waals surface area contributed by atoms with Gasteiger partial charge in [-0.1, -0.05) is 53.7 Å². The molecule has 0 radical (unpaired) electrons. The van der Waals surface area contributed by atoms with Crippen LogP contribution in [0.25, 0.3) is 10.9 Å². The van der Waals surface area contributed by atoms with Crippen molar-refractivity contribution in [2.24, 2.45) is 0 Å². The van der Waals surface area contributed by atoms with Crippen LogP contribution in [0.5, 0.6) is 0 Å². The summed E-state index contributed by atoms with van der Waals surface area (Å²) in [6.45, 7) is 0. The molecule has 3 aromatic rings.